The zero-order valence-corrected chi connectivity index (χ0v) is 16.6. The van der Waals surface area contributed by atoms with E-state index in [-0.39, 0.29) is 24.3 Å². The first-order valence-electron chi connectivity index (χ1n) is 9.73. The van der Waals surface area contributed by atoms with E-state index in [2.05, 4.69) is 6.07 Å². The van der Waals surface area contributed by atoms with Gasteiger partial charge in [-0.25, -0.2) is 0 Å². The lowest BCUT2D eigenvalue weighted by atomic mass is 9.83. The Kier molecular flexibility index (Phi) is 4.71. The highest BCUT2D eigenvalue weighted by molar-refractivity contribution is 5.96. The predicted molar refractivity (Wildman–Crippen MR) is 107 cm³/mol. The highest BCUT2D eigenvalue weighted by Crippen LogP contribution is 2.41. The maximum Gasteiger partial charge on any atom is 0.257 e. The van der Waals surface area contributed by atoms with Crippen LogP contribution in [-0.4, -0.2) is 60.5 Å². The lowest BCUT2D eigenvalue weighted by Crippen LogP contribution is -2.59. The fourth-order valence-electron chi connectivity index (χ4n) is 4.58. The molecule has 0 radical (unpaired) electrons. The van der Waals surface area contributed by atoms with Crippen molar-refractivity contribution in [2.45, 2.75) is 25.4 Å². The molecule has 2 unspecified atom stereocenters. The van der Waals surface area contributed by atoms with Crippen LogP contribution in [0.15, 0.2) is 48.5 Å². The molecule has 2 fully saturated rings. The summed E-state index contributed by atoms with van der Waals surface area (Å²) in [4.78, 5) is 29.9. The first kappa shape index (κ1) is 18.7. The highest BCUT2D eigenvalue weighted by atomic mass is 16.5. The van der Waals surface area contributed by atoms with Gasteiger partial charge in [-0.15, -0.1) is 0 Å². The molecule has 2 aliphatic rings. The van der Waals surface area contributed by atoms with Crippen molar-refractivity contribution in [1.29, 1.82) is 0 Å². The fourth-order valence-corrected chi connectivity index (χ4v) is 4.58. The molecule has 0 aromatic heterocycles. The second kappa shape index (κ2) is 7.06. The molecule has 0 saturated carbocycles. The molecule has 2 saturated heterocycles. The van der Waals surface area contributed by atoms with E-state index in [1.165, 1.54) is 0 Å². The van der Waals surface area contributed by atoms with E-state index in [1.54, 1.807) is 16.8 Å². The summed E-state index contributed by atoms with van der Waals surface area (Å²) >= 11 is 0. The number of benzene rings is 2. The van der Waals surface area contributed by atoms with E-state index < -0.39 is 5.60 Å². The Bertz CT molecular complexity index is 891. The number of carbonyl (C=O) groups excluding carboxylic acids is 2. The van der Waals surface area contributed by atoms with Crippen LogP contribution in [-0.2, 0) is 9.53 Å². The second-order valence-electron chi connectivity index (χ2n) is 7.99. The number of likely N-dealkylation sites (N-methyl/N-ethyl adjacent to an activating group) is 1. The highest BCUT2D eigenvalue weighted by Gasteiger charge is 2.57. The number of aryl methyl sites for hydroxylation is 2. The third-order valence-electron chi connectivity index (χ3n) is 5.83. The fraction of sp³-hybridized carbons (Fsp3) is 0.391. The lowest BCUT2D eigenvalue weighted by molar-refractivity contribution is -0.159. The zero-order chi connectivity index (χ0) is 19.9. The molecule has 2 heterocycles. The Morgan fingerprint density at radius 1 is 1.11 bits per heavy atom. The Labute approximate surface area is 165 Å². The van der Waals surface area contributed by atoms with Crippen molar-refractivity contribution in [3.63, 3.8) is 0 Å². The number of nitrogens with zero attached hydrogens (tertiary/aromatic N) is 2. The molecule has 146 valence electrons. The minimum Gasteiger partial charge on any atom is -0.361 e. The van der Waals surface area contributed by atoms with Gasteiger partial charge in [0.15, 0.2) is 5.60 Å². The number of ether oxygens (including phenoxy) is 1. The third kappa shape index (κ3) is 3.10. The van der Waals surface area contributed by atoms with Gasteiger partial charge >= 0.3 is 0 Å². The van der Waals surface area contributed by atoms with Gasteiger partial charge in [0.1, 0.15) is 0 Å². The van der Waals surface area contributed by atoms with Crippen LogP contribution in [0.3, 0.4) is 0 Å². The molecular formula is C23H26N2O3. The minimum absolute atomic E-state index is 0.0383. The van der Waals surface area contributed by atoms with Gasteiger partial charge in [0.05, 0.1) is 13.2 Å². The molecule has 2 atom stereocenters. The summed E-state index contributed by atoms with van der Waals surface area (Å²) in [7, 11) is 1.81. The van der Waals surface area contributed by atoms with Gasteiger partial charge in [-0.1, -0.05) is 47.5 Å². The van der Waals surface area contributed by atoms with Crippen molar-refractivity contribution in [3.8, 4) is 0 Å². The largest absolute Gasteiger partial charge is 0.361 e. The summed E-state index contributed by atoms with van der Waals surface area (Å²) in [6.07, 6.45) is 0. The summed E-state index contributed by atoms with van der Waals surface area (Å²) in [6.45, 7) is 5.71. The zero-order valence-electron chi connectivity index (χ0n) is 16.6. The Morgan fingerprint density at radius 3 is 2.46 bits per heavy atom. The van der Waals surface area contributed by atoms with Crippen LogP contribution >= 0.6 is 0 Å². The number of morpholine rings is 1. The van der Waals surface area contributed by atoms with Crippen molar-refractivity contribution in [2.24, 2.45) is 0 Å². The second-order valence-corrected chi connectivity index (χ2v) is 7.99. The number of amides is 2. The van der Waals surface area contributed by atoms with Crippen LogP contribution < -0.4 is 0 Å². The van der Waals surface area contributed by atoms with Gasteiger partial charge in [0.2, 0.25) is 0 Å². The SMILES string of the molecule is Cc1cc(C)cc(C(=O)N2CCOC3(C2)C(=O)N(C)CC3c2ccccc2)c1. The molecular weight excluding hydrogens is 352 g/mol. The van der Waals surface area contributed by atoms with E-state index in [4.69, 9.17) is 4.74 Å². The van der Waals surface area contributed by atoms with Crippen molar-refractivity contribution in [1.82, 2.24) is 9.80 Å². The summed E-state index contributed by atoms with van der Waals surface area (Å²) in [5, 5.41) is 0. The topological polar surface area (TPSA) is 49.9 Å². The molecule has 28 heavy (non-hydrogen) atoms. The monoisotopic (exact) mass is 378 g/mol. The maximum absolute atomic E-state index is 13.2. The van der Waals surface area contributed by atoms with E-state index in [0.717, 1.165) is 16.7 Å². The first-order chi connectivity index (χ1) is 13.4. The molecule has 4 rings (SSSR count). The van der Waals surface area contributed by atoms with Crippen LogP contribution in [0.2, 0.25) is 0 Å². The van der Waals surface area contributed by atoms with E-state index in [9.17, 15) is 9.59 Å². The Balaban J connectivity index is 1.67. The van der Waals surface area contributed by atoms with E-state index in [0.29, 0.717) is 25.3 Å². The van der Waals surface area contributed by atoms with Crippen molar-refractivity contribution < 1.29 is 14.3 Å². The minimum atomic E-state index is -1.01. The smallest absolute Gasteiger partial charge is 0.257 e. The summed E-state index contributed by atoms with van der Waals surface area (Å²) in [5.74, 6) is -0.177. The van der Waals surface area contributed by atoms with E-state index >= 15 is 0 Å². The normalized spacial score (nSPS) is 24.8. The maximum atomic E-state index is 13.2. The van der Waals surface area contributed by atoms with Crippen molar-refractivity contribution in [2.75, 3.05) is 33.3 Å². The Hall–Kier alpha value is -2.66. The number of hydrogen-bond donors (Lipinski definition) is 0. The van der Waals surface area contributed by atoms with E-state index in [1.807, 2.05) is 56.3 Å². The molecule has 2 aliphatic heterocycles. The molecule has 0 aliphatic carbocycles. The third-order valence-corrected chi connectivity index (χ3v) is 5.83. The van der Waals surface area contributed by atoms with Gasteiger partial charge in [0.25, 0.3) is 11.8 Å². The average molecular weight is 378 g/mol. The predicted octanol–water partition coefficient (Wildman–Crippen LogP) is 2.77. The average Bonchev–Trinajstić information content (AvgIpc) is 2.92. The van der Waals surface area contributed by atoms with Crippen molar-refractivity contribution >= 4 is 11.8 Å². The molecule has 0 bridgehead atoms. The summed E-state index contributed by atoms with van der Waals surface area (Å²) in [5.41, 5.74) is 2.85. The van der Waals surface area contributed by atoms with Gasteiger partial charge in [-0.3, -0.25) is 9.59 Å². The van der Waals surface area contributed by atoms with Crippen LogP contribution in [0.1, 0.15) is 33.0 Å². The summed E-state index contributed by atoms with van der Waals surface area (Å²) in [6, 6.07) is 15.9. The molecule has 2 aromatic carbocycles. The van der Waals surface area contributed by atoms with Gasteiger partial charge in [0, 0.05) is 31.6 Å². The molecule has 1 spiro atoms. The molecule has 2 amide bonds. The molecule has 5 nitrogen and oxygen atoms in total. The lowest BCUT2D eigenvalue weighted by Gasteiger charge is -2.42. The quantitative estimate of drug-likeness (QED) is 0.807. The Morgan fingerprint density at radius 2 is 1.79 bits per heavy atom. The van der Waals surface area contributed by atoms with Gasteiger partial charge < -0.3 is 14.5 Å². The number of likely N-dealkylation sites (tertiary alicyclic amines) is 1. The van der Waals surface area contributed by atoms with Gasteiger partial charge in [-0.2, -0.15) is 0 Å². The molecule has 0 N–H and O–H groups in total. The summed E-state index contributed by atoms with van der Waals surface area (Å²) < 4.78 is 6.15. The van der Waals surface area contributed by atoms with Crippen LogP contribution in [0, 0.1) is 13.8 Å². The van der Waals surface area contributed by atoms with Crippen LogP contribution in [0.25, 0.3) is 0 Å². The first-order valence-corrected chi connectivity index (χ1v) is 9.73. The van der Waals surface area contributed by atoms with Crippen LogP contribution in [0.5, 0.6) is 0 Å². The molecule has 2 aromatic rings. The van der Waals surface area contributed by atoms with Crippen molar-refractivity contribution in [3.05, 3.63) is 70.8 Å². The number of carbonyl (C=O) groups is 2. The van der Waals surface area contributed by atoms with Gasteiger partial charge in [-0.05, 0) is 31.5 Å². The number of hydrogen-bond acceptors (Lipinski definition) is 3. The molecule has 5 heteroatoms. The number of rotatable bonds is 2. The standard InChI is InChI=1S/C23H26N2O3/c1-16-11-17(2)13-19(12-16)21(26)25-9-10-28-23(15-25)20(14-24(3)22(23)27)18-7-5-4-6-8-18/h4-8,11-13,20H,9-10,14-15H2,1-3H3. The van der Waals surface area contributed by atoms with Crippen LogP contribution in [0.4, 0.5) is 0 Å².